The lowest BCUT2D eigenvalue weighted by Crippen LogP contribution is -2.42. The molecule has 0 saturated heterocycles. The summed E-state index contributed by atoms with van der Waals surface area (Å²) in [6, 6.07) is 14.0. The van der Waals surface area contributed by atoms with E-state index in [1.165, 1.54) is 0 Å². The largest absolute Gasteiger partial charge is 0.375 e. The summed E-state index contributed by atoms with van der Waals surface area (Å²) in [5.74, 6) is 5.68. The molecule has 1 heterocycles. The number of aromatic nitrogens is 1. The van der Waals surface area contributed by atoms with Crippen LogP contribution in [0.25, 0.3) is 0 Å². The summed E-state index contributed by atoms with van der Waals surface area (Å²) in [5, 5.41) is 0. The standard InChI is InChI=1S/C15H19N3O/c1-19-15(13-7-3-2-4-8-13)14(18-16)10-12-6-5-9-17-11-12/h2-9,11,14-15,18H,10,16H2,1H3. The van der Waals surface area contributed by atoms with E-state index in [0.29, 0.717) is 0 Å². The Morgan fingerprint density at radius 3 is 2.58 bits per heavy atom. The second-order valence-electron chi connectivity index (χ2n) is 4.41. The van der Waals surface area contributed by atoms with Crippen molar-refractivity contribution >= 4 is 0 Å². The maximum Gasteiger partial charge on any atom is 0.0990 e. The van der Waals surface area contributed by atoms with Crippen LogP contribution < -0.4 is 11.3 Å². The summed E-state index contributed by atoms with van der Waals surface area (Å²) >= 11 is 0. The molecule has 1 aromatic heterocycles. The van der Waals surface area contributed by atoms with Gasteiger partial charge in [-0.3, -0.25) is 16.3 Å². The van der Waals surface area contributed by atoms with E-state index in [1.54, 1.807) is 13.3 Å². The topological polar surface area (TPSA) is 60.2 Å². The predicted octanol–water partition coefficient (Wildman–Crippen LogP) is 1.84. The molecule has 0 bridgehead atoms. The number of benzene rings is 1. The van der Waals surface area contributed by atoms with E-state index < -0.39 is 0 Å². The smallest absolute Gasteiger partial charge is 0.0990 e. The molecule has 2 aromatic rings. The average Bonchev–Trinajstić information content (AvgIpc) is 2.49. The summed E-state index contributed by atoms with van der Waals surface area (Å²) < 4.78 is 5.60. The number of nitrogens with one attached hydrogen (secondary N) is 1. The Labute approximate surface area is 113 Å². The maximum absolute atomic E-state index is 5.68. The van der Waals surface area contributed by atoms with Crippen molar-refractivity contribution in [2.24, 2.45) is 5.84 Å². The van der Waals surface area contributed by atoms with Crippen molar-refractivity contribution in [2.45, 2.75) is 18.6 Å². The van der Waals surface area contributed by atoms with Gasteiger partial charge in [-0.2, -0.15) is 0 Å². The molecule has 0 aliphatic heterocycles. The Morgan fingerprint density at radius 2 is 2.00 bits per heavy atom. The summed E-state index contributed by atoms with van der Waals surface area (Å²) in [7, 11) is 1.70. The molecule has 4 nitrogen and oxygen atoms in total. The molecule has 2 atom stereocenters. The molecule has 19 heavy (non-hydrogen) atoms. The predicted molar refractivity (Wildman–Crippen MR) is 75.2 cm³/mol. The number of pyridine rings is 1. The zero-order valence-electron chi connectivity index (χ0n) is 11.0. The van der Waals surface area contributed by atoms with Crippen LogP contribution in [0.15, 0.2) is 54.9 Å². The molecule has 0 fully saturated rings. The minimum absolute atomic E-state index is 0.00315. The van der Waals surface area contributed by atoms with Crippen LogP contribution in [0.2, 0.25) is 0 Å². The van der Waals surface area contributed by atoms with Crippen LogP contribution in [0.1, 0.15) is 17.2 Å². The van der Waals surface area contributed by atoms with E-state index in [-0.39, 0.29) is 12.1 Å². The molecule has 2 rings (SSSR count). The van der Waals surface area contributed by atoms with Crippen molar-refractivity contribution < 1.29 is 4.74 Å². The van der Waals surface area contributed by atoms with E-state index in [9.17, 15) is 0 Å². The monoisotopic (exact) mass is 257 g/mol. The van der Waals surface area contributed by atoms with Crippen LogP contribution in [0.4, 0.5) is 0 Å². The third kappa shape index (κ3) is 3.61. The normalized spacial score (nSPS) is 14.0. The summed E-state index contributed by atoms with van der Waals surface area (Å²) in [6.07, 6.45) is 4.28. The molecule has 0 spiro atoms. The molecule has 3 N–H and O–H groups in total. The third-order valence-corrected chi connectivity index (χ3v) is 3.14. The van der Waals surface area contributed by atoms with Crippen molar-refractivity contribution in [1.82, 2.24) is 10.4 Å². The minimum Gasteiger partial charge on any atom is -0.375 e. The lowest BCUT2D eigenvalue weighted by molar-refractivity contribution is 0.0678. The molecule has 0 amide bonds. The highest BCUT2D eigenvalue weighted by atomic mass is 16.5. The van der Waals surface area contributed by atoms with Crippen LogP contribution >= 0.6 is 0 Å². The Balaban J connectivity index is 2.15. The highest BCUT2D eigenvalue weighted by Gasteiger charge is 2.22. The first-order chi connectivity index (χ1) is 9.35. The van der Waals surface area contributed by atoms with Gasteiger partial charge in [-0.25, -0.2) is 0 Å². The van der Waals surface area contributed by atoms with Gasteiger partial charge < -0.3 is 4.74 Å². The molecule has 0 aliphatic carbocycles. The molecule has 0 radical (unpaired) electrons. The zero-order chi connectivity index (χ0) is 13.5. The summed E-state index contributed by atoms with van der Waals surface area (Å²) in [6.45, 7) is 0. The van der Waals surface area contributed by atoms with Gasteiger partial charge in [0.05, 0.1) is 12.1 Å². The van der Waals surface area contributed by atoms with E-state index in [4.69, 9.17) is 10.6 Å². The van der Waals surface area contributed by atoms with Gasteiger partial charge >= 0.3 is 0 Å². The quantitative estimate of drug-likeness (QED) is 0.612. The molecule has 0 aliphatic rings. The molecule has 2 unspecified atom stereocenters. The number of ether oxygens (including phenoxy) is 1. The number of rotatable bonds is 6. The SMILES string of the molecule is COC(c1ccccc1)C(Cc1cccnc1)NN. The molecule has 100 valence electrons. The van der Waals surface area contributed by atoms with Gasteiger partial charge in [-0.1, -0.05) is 36.4 Å². The minimum atomic E-state index is -0.0913. The lowest BCUT2D eigenvalue weighted by atomic mass is 9.97. The highest BCUT2D eigenvalue weighted by Crippen LogP contribution is 2.22. The van der Waals surface area contributed by atoms with Crippen LogP contribution in [0.5, 0.6) is 0 Å². The Kier molecular flexibility index (Phi) is 5.03. The van der Waals surface area contributed by atoms with Gasteiger partial charge in [0.2, 0.25) is 0 Å². The van der Waals surface area contributed by atoms with Crippen LogP contribution in [-0.4, -0.2) is 18.1 Å². The molecular formula is C15H19N3O. The second kappa shape index (κ2) is 6.99. The number of nitrogens with zero attached hydrogens (tertiary/aromatic N) is 1. The second-order valence-corrected chi connectivity index (χ2v) is 4.41. The molecule has 1 aromatic carbocycles. The summed E-state index contributed by atoms with van der Waals surface area (Å²) in [4.78, 5) is 4.12. The first-order valence-corrected chi connectivity index (χ1v) is 6.28. The summed E-state index contributed by atoms with van der Waals surface area (Å²) in [5.41, 5.74) is 5.08. The van der Waals surface area contributed by atoms with Gasteiger partial charge in [-0.15, -0.1) is 0 Å². The Hall–Kier alpha value is -1.75. The van der Waals surface area contributed by atoms with Gasteiger partial charge in [0.15, 0.2) is 0 Å². The Bertz CT molecular complexity index is 475. The third-order valence-electron chi connectivity index (χ3n) is 3.14. The van der Waals surface area contributed by atoms with Gasteiger partial charge in [-0.05, 0) is 23.6 Å². The first kappa shape index (κ1) is 13.7. The number of hydrogen-bond donors (Lipinski definition) is 2. The van der Waals surface area contributed by atoms with Crippen LogP contribution in [0.3, 0.4) is 0 Å². The van der Waals surface area contributed by atoms with Crippen LogP contribution in [-0.2, 0) is 11.2 Å². The lowest BCUT2D eigenvalue weighted by Gasteiger charge is -2.25. The van der Waals surface area contributed by atoms with Gasteiger partial charge in [0.1, 0.15) is 0 Å². The number of methoxy groups -OCH3 is 1. The van der Waals surface area contributed by atoms with E-state index >= 15 is 0 Å². The van der Waals surface area contributed by atoms with Crippen molar-refractivity contribution in [3.8, 4) is 0 Å². The first-order valence-electron chi connectivity index (χ1n) is 6.28. The van der Waals surface area contributed by atoms with Crippen molar-refractivity contribution in [3.05, 3.63) is 66.0 Å². The zero-order valence-corrected chi connectivity index (χ0v) is 11.0. The number of nitrogens with two attached hydrogens (primary N) is 1. The molecule has 4 heteroatoms. The maximum atomic E-state index is 5.68. The van der Waals surface area contributed by atoms with Gasteiger partial charge in [0, 0.05) is 19.5 Å². The highest BCUT2D eigenvalue weighted by molar-refractivity contribution is 5.21. The van der Waals surface area contributed by atoms with Crippen molar-refractivity contribution in [3.63, 3.8) is 0 Å². The fourth-order valence-electron chi connectivity index (χ4n) is 2.20. The Morgan fingerprint density at radius 1 is 1.21 bits per heavy atom. The van der Waals surface area contributed by atoms with E-state index in [0.717, 1.165) is 17.5 Å². The number of hydrazine groups is 1. The molecular weight excluding hydrogens is 238 g/mol. The fraction of sp³-hybridized carbons (Fsp3) is 0.267. The van der Waals surface area contributed by atoms with Crippen molar-refractivity contribution in [2.75, 3.05) is 7.11 Å². The van der Waals surface area contributed by atoms with Gasteiger partial charge in [0.25, 0.3) is 0 Å². The van der Waals surface area contributed by atoms with Crippen molar-refractivity contribution in [1.29, 1.82) is 0 Å². The van der Waals surface area contributed by atoms with Crippen LogP contribution in [0, 0.1) is 0 Å². The number of hydrogen-bond acceptors (Lipinski definition) is 4. The van der Waals surface area contributed by atoms with E-state index in [1.807, 2.05) is 48.7 Å². The van der Waals surface area contributed by atoms with E-state index in [2.05, 4.69) is 10.4 Å². The fourth-order valence-corrected chi connectivity index (χ4v) is 2.20. The molecule has 0 saturated carbocycles. The average molecular weight is 257 g/mol.